The molecule has 0 amide bonds. The van der Waals surface area contributed by atoms with Crippen LogP contribution in [0.2, 0.25) is 0 Å². The molecule has 108 valence electrons. The molecule has 2 heterocycles. The number of rotatable bonds is 2. The van der Waals surface area contributed by atoms with Gasteiger partial charge in [0.05, 0.1) is 12.3 Å². The summed E-state index contributed by atoms with van der Waals surface area (Å²) in [6.07, 6.45) is -1.25. The highest BCUT2D eigenvalue weighted by atomic mass is 16.7. The van der Waals surface area contributed by atoms with E-state index in [0.717, 1.165) is 5.56 Å². The predicted molar refractivity (Wildman–Crippen MR) is 69.5 cm³/mol. The normalized spacial score (nSPS) is 35.8. The van der Waals surface area contributed by atoms with Crippen molar-refractivity contribution in [1.29, 1.82) is 0 Å². The SMILES string of the molecule is CO[C@@H]1CC(=NO)[C@@H]2O[C@H](c3ccccc3)OC[C@@H]2O1. The number of oxime groups is 1. The second kappa shape index (κ2) is 5.88. The Labute approximate surface area is 116 Å². The maximum Gasteiger partial charge on any atom is 0.184 e. The van der Waals surface area contributed by atoms with Gasteiger partial charge in [-0.25, -0.2) is 0 Å². The lowest BCUT2D eigenvalue weighted by atomic mass is 10.0. The van der Waals surface area contributed by atoms with Gasteiger partial charge in [-0.3, -0.25) is 0 Å². The Morgan fingerprint density at radius 2 is 2.05 bits per heavy atom. The molecular weight excluding hydrogens is 262 g/mol. The molecule has 0 saturated carbocycles. The molecule has 2 fully saturated rings. The summed E-state index contributed by atoms with van der Waals surface area (Å²) >= 11 is 0. The molecule has 0 unspecified atom stereocenters. The standard InChI is InChI=1S/C14H17NO5/c1-17-12-7-10(15-16)13-11(19-12)8-18-14(20-13)9-5-3-2-4-6-9/h2-6,11-14,16H,7-8H2,1H3/t11-,12-,13-,14+/m0/s1. The van der Waals surface area contributed by atoms with Crippen molar-refractivity contribution in [1.82, 2.24) is 0 Å². The van der Waals surface area contributed by atoms with Crippen LogP contribution in [0.3, 0.4) is 0 Å². The Kier molecular flexibility index (Phi) is 3.98. The minimum Gasteiger partial charge on any atom is -0.411 e. The third-order valence-electron chi connectivity index (χ3n) is 3.51. The maximum atomic E-state index is 9.16. The average molecular weight is 279 g/mol. The predicted octanol–water partition coefficient (Wildman–Crippen LogP) is 1.69. The Morgan fingerprint density at radius 3 is 2.75 bits per heavy atom. The quantitative estimate of drug-likeness (QED) is 0.659. The summed E-state index contributed by atoms with van der Waals surface area (Å²) in [7, 11) is 1.55. The fourth-order valence-corrected chi connectivity index (χ4v) is 2.49. The third-order valence-corrected chi connectivity index (χ3v) is 3.51. The Morgan fingerprint density at radius 1 is 1.25 bits per heavy atom. The number of hydrogen-bond acceptors (Lipinski definition) is 6. The first-order valence-corrected chi connectivity index (χ1v) is 6.53. The van der Waals surface area contributed by atoms with Crippen LogP contribution in [0, 0.1) is 0 Å². The van der Waals surface area contributed by atoms with Gasteiger partial charge in [0.25, 0.3) is 0 Å². The number of ether oxygens (including phenoxy) is 4. The molecule has 2 saturated heterocycles. The lowest BCUT2D eigenvalue weighted by Gasteiger charge is -2.41. The highest BCUT2D eigenvalue weighted by Gasteiger charge is 2.42. The molecular formula is C14H17NO5. The van der Waals surface area contributed by atoms with Gasteiger partial charge < -0.3 is 24.2 Å². The second-order valence-electron chi connectivity index (χ2n) is 4.77. The molecule has 0 bridgehead atoms. The van der Waals surface area contributed by atoms with E-state index < -0.39 is 18.7 Å². The smallest absolute Gasteiger partial charge is 0.184 e. The highest BCUT2D eigenvalue weighted by Crippen LogP contribution is 2.32. The first kappa shape index (κ1) is 13.5. The van der Waals surface area contributed by atoms with Gasteiger partial charge >= 0.3 is 0 Å². The van der Waals surface area contributed by atoms with E-state index in [2.05, 4.69) is 5.16 Å². The Bertz CT molecular complexity index is 478. The van der Waals surface area contributed by atoms with E-state index in [1.54, 1.807) is 7.11 Å². The lowest BCUT2D eigenvalue weighted by molar-refractivity contribution is -0.286. The number of fused-ring (bicyclic) bond motifs is 1. The van der Waals surface area contributed by atoms with Crippen LogP contribution >= 0.6 is 0 Å². The van der Waals surface area contributed by atoms with Gasteiger partial charge in [0, 0.05) is 19.1 Å². The van der Waals surface area contributed by atoms with Gasteiger partial charge in [-0.05, 0) is 0 Å². The van der Waals surface area contributed by atoms with Gasteiger partial charge in [-0.1, -0.05) is 35.5 Å². The molecule has 6 nitrogen and oxygen atoms in total. The zero-order valence-electron chi connectivity index (χ0n) is 11.1. The van der Waals surface area contributed by atoms with E-state index in [1.165, 1.54) is 0 Å². The van der Waals surface area contributed by atoms with E-state index in [0.29, 0.717) is 18.7 Å². The van der Waals surface area contributed by atoms with Gasteiger partial charge in [-0.2, -0.15) is 0 Å². The van der Waals surface area contributed by atoms with Crippen molar-refractivity contribution < 1.29 is 24.2 Å². The molecule has 20 heavy (non-hydrogen) atoms. The zero-order chi connectivity index (χ0) is 13.9. The maximum absolute atomic E-state index is 9.16. The van der Waals surface area contributed by atoms with Crippen molar-refractivity contribution in [3.05, 3.63) is 35.9 Å². The topological polar surface area (TPSA) is 69.5 Å². The van der Waals surface area contributed by atoms with E-state index in [4.69, 9.17) is 24.2 Å². The van der Waals surface area contributed by atoms with E-state index >= 15 is 0 Å². The summed E-state index contributed by atoms with van der Waals surface area (Å²) in [5.41, 5.74) is 1.45. The highest BCUT2D eigenvalue weighted by molar-refractivity contribution is 5.89. The van der Waals surface area contributed by atoms with Crippen LogP contribution in [0.5, 0.6) is 0 Å². The zero-order valence-corrected chi connectivity index (χ0v) is 11.1. The van der Waals surface area contributed by atoms with Crippen molar-refractivity contribution in [2.24, 2.45) is 5.16 Å². The number of nitrogens with zero attached hydrogens (tertiary/aromatic N) is 1. The monoisotopic (exact) mass is 279 g/mol. The molecule has 2 aliphatic heterocycles. The molecule has 0 aliphatic carbocycles. The second-order valence-corrected chi connectivity index (χ2v) is 4.77. The summed E-state index contributed by atoms with van der Waals surface area (Å²) in [5, 5.41) is 12.5. The Hall–Kier alpha value is -1.47. The summed E-state index contributed by atoms with van der Waals surface area (Å²) in [6, 6.07) is 9.65. The molecule has 1 aromatic rings. The van der Waals surface area contributed by atoms with Crippen molar-refractivity contribution in [2.75, 3.05) is 13.7 Å². The van der Waals surface area contributed by atoms with Crippen LogP contribution in [0.1, 0.15) is 18.3 Å². The van der Waals surface area contributed by atoms with E-state index in [9.17, 15) is 0 Å². The number of benzene rings is 1. The Balaban J connectivity index is 1.76. The van der Waals surface area contributed by atoms with Crippen LogP contribution in [0.25, 0.3) is 0 Å². The van der Waals surface area contributed by atoms with Crippen LogP contribution in [0.15, 0.2) is 35.5 Å². The van der Waals surface area contributed by atoms with Gasteiger partial charge in [0.1, 0.15) is 12.2 Å². The molecule has 0 aromatic heterocycles. The molecule has 2 aliphatic rings. The van der Waals surface area contributed by atoms with E-state index in [-0.39, 0.29) is 6.10 Å². The minimum atomic E-state index is -0.475. The van der Waals surface area contributed by atoms with Crippen molar-refractivity contribution in [2.45, 2.75) is 31.2 Å². The molecule has 1 N–H and O–H groups in total. The molecule has 6 heteroatoms. The molecule has 4 atom stereocenters. The largest absolute Gasteiger partial charge is 0.411 e. The lowest BCUT2D eigenvalue weighted by Crippen LogP contribution is -2.53. The van der Waals surface area contributed by atoms with Crippen LogP contribution < -0.4 is 0 Å². The van der Waals surface area contributed by atoms with Crippen LogP contribution in [0.4, 0.5) is 0 Å². The van der Waals surface area contributed by atoms with E-state index in [1.807, 2.05) is 30.3 Å². The van der Waals surface area contributed by atoms with Crippen LogP contribution in [-0.4, -0.2) is 43.1 Å². The molecule has 0 spiro atoms. The summed E-state index contributed by atoms with van der Waals surface area (Å²) < 4.78 is 22.4. The number of hydrogen-bond donors (Lipinski definition) is 1. The van der Waals surface area contributed by atoms with Crippen molar-refractivity contribution >= 4 is 5.71 Å². The van der Waals surface area contributed by atoms with Gasteiger partial charge in [-0.15, -0.1) is 0 Å². The average Bonchev–Trinajstić information content (AvgIpc) is 2.54. The first-order chi connectivity index (χ1) is 9.81. The number of methoxy groups -OCH3 is 1. The summed E-state index contributed by atoms with van der Waals surface area (Å²) in [4.78, 5) is 0. The van der Waals surface area contributed by atoms with Crippen LogP contribution in [-0.2, 0) is 18.9 Å². The van der Waals surface area contributed by atoms with Gasteiger partial charge in [0.2, 0.25) is 0 Å². The van der Waals surface area contributed by atoms with Crippen molar-refractivity contribution in [3.8, 4) is 0 Å². The summed E-state index contributed by atoms with van der Waals surface area (Å²) in [6.45, 7) is 0.364. The van der Waals surface area contributed by atoms with Gasteiger partial charge in [0.15, 0.2) is 12.6 Å². The molecule has 0 radical (unpaired) electrons. The fraction of sp³-hybridized carbons (Fsp3) is 0.500. The molecule has 3 rings (SSSR count). The first-order valence-electron chi connectivity index (χ1n) is 6.53. The van der Waals surface area contributed by atoms with Crippen molar-refractivity contribution in [3.63, 3.8) is 0 Å². The minimum absolute atomic E-state index is 0.320. The third kappa shape index (κ3) is 2.55. The summed E-state index contributed by atoms with van der Waals surface area (Å²) in [5.74, 6) is 0. The molecule has 1 aromatic carbocycles. The fourth-order valence-electron chi connectivity index (χ4n) is 2.49.